The Bertz CT molecular complexity index is 419. The molecule has 0 aliphatic heterocycles. The third kappa shape index (κ3) is 2.54. The molecule has 1 aliphatic carbocycles. The fourth-order valence-electron chi connectivity index (χ4n) is 2.25. The molecule has 0 atom stereocenters. The lowest BCUT2D eigenvalue weighted by atomic mass is 9.84. The van der Waals surface area contributed by atoms with Gasteiger partial charge in [0.15, 0.2) is 0 Å². The molecule has 0 radical (unpaired) electrons. The lowest BCUT2D eigenvalue weighted by Gasteiger charge is -2.18. The van der Waals surface area contributed by atoms with Crippen molar-refractivity contribution in [2.75, 3.05) is 12.4 Å². The summed E-state index contributed by atoms with van der Waals surface area (Å²) < 4.78 is 0. The van der Waals surface area contributed by atoms with Crippen LogP contribution in [-0.2, 0) is 4.79 Å². The number of rotatable bonds is 4. The summed E-state index contributed by atoms with van der Waals surface area (Å²) in [6.45, 7) is 0. The normalized spacial score (nSPS) is 16.8. The number of nitrogens with one attached hydrogen (secondary N) is 2. The Morgan fingerprint density at radius 3 is 2.65 bits per heavy atom. The zero-order valence-electron chi connectivity index (χ0n) is 9.95. The maximum absolute atomic E-state index is 12.0. The SMILES string of the molecule is CNc1cc(C(=O)C(=O)C2CCCCC2)[nH]n1. The Morgan fingerprint density at radius 2 is 2.06 bits per heavy atom. The van der Waals surface area contributed by atoms with Crippen LogP contribution in [0.5, 0.6) is 0 Å². The Labute approximate surface area is 100.0 Å². The van der Waals surface area contributed by atoms with Crippen LogP contribution in [0.3, 0.4) is 0 Å². The molecule has 1 aromatic rings. The molecule has 1 heterocycles. The summed E-state index contributed by atoms with van der Waals surface area (Å²) in [5.74, 6) is -0.218. The molecule has 1 fully saturated rings. The molecule has 5 heteroatoms. The van der Waals surface area contributed by atoms with E-state index in [1.165, 1.54) is 6.42 Å². The van der Waals surface area contributed by atoms with Gasteiger partial charge in [-0.25, -0.2) is 0 Å². The summed E-state index contributed by atoms with van der Waals surface area (Å²) in [7, 11) is 1.72. The largest absolute Gasteiger partial charge is 0.372 e. The van der Waals surface area contributed by atoms with Crippen molar-refractivity contribution in [3.63, 3.8) is 0 Å². The second-order valence-corrected chi connectivity index (χ2v) is 4.45. The monoisotopic (exact) mass is 235 g/mol. The Balaban J connectivity index is 2.05. The van der Waals surface area contributed by atoms with Crippen molar-refractivity contribution < 1.29 is 9.59 Å². The van der Waals surface area contributed by atoms with E-state index in [1.54, 1.807) is 13.1 Å². The van der Waals surface area contributed by atoms with Crippen molar-refractivity contribution in [3.05, 3.63) is 11.8 Å². The molecule has 0 bridgehead atoms. The van der Waals surface area contributed by atoms with E-state index in [-0.39, 0.29) is 17.4 Å². The van der Waals surface area contributed by atoms with Crippen LogP contribution in [-0.4, -0.2) is 28.8 Å². The van der Waals surface area contributed by atoms with Gasteiger partial charge in [0.1, 0.15) is 11.5 Å². The van der Waals surface area contributed by atoms with Crippen molar-refractivity contribution in [2.24, 2.45) is 5.92 Å². The minimum Gasteiger partial charge on any atom is -0.372 e. The molecule has 0 unspecified atom stereocenters. The van der Waals surface area contributed by atoms with Crippen LogP contribution in [0.1, 0.15) is 42.6 Å². The van der Waals surface area contributed by atoms with Crippen LogP contribution in [0.15, 0.2) is 6.07 Å². The Morgan fingerprint density at radius 1 is 1.35 bits per heavy atom. The average molecular weight is 235 g/mol. The number of carbonyl (C=O) groups excluding carboxylic acids is 2. The van der Waals surface area contributed by atoms with Crippen LogP contribution < -0.4 is 5.32 Å². The van der Waals surface area contributed by atoms with Crippen LogP contribution in [0.4, 0.5) is 5.82 Å². The van der Waals surface area contributed by atoms with Crippen LogP contribution in [0.25, 0.3) is 0 Å². The lowest BCUT2D eigenvalue weighted by Crippen LogP contribution is -2.26. The number of ketones is 2. The third-order valence-corrected chi connectivity index (χ3v) is 3.28. The molecule has 2 N–H and O–H groups in total. The summed E-state index contributed by atoms with van der Waals surface area (Å²) >= 11 is 0. The Hall–Kier alpha value is -1.65. The highest BCUT2D eigenvalue weighted by molar-refractivity contribution is 6.43. The molecule has 0 amide bonds. The minimum atomic E-state index is -0.439. The molecular weight excluding hydrogens is 218 g/mol. The molecule has 0 saturated heterocycles. The number of nitrogens with zero attached hydrogens (tertiary/aromatic N) is 1. The van der Waals surface area contributed by atoms with E-state index in [0.717, 1.165) is 25.7 Å². The van der Waals surface area contributed by atoms with Gasteiger partial charge in [-0.05, 0) is 12.8 Å². The first-order valence-electron chi connectivity index (χ1n) is 6.04. The maximum atomic E-state index is 12.0. The number of Topliss-reactive ketones (excluding diaryl/α,β-unsaturated/α-hetero) is 2. The highest BCUT2D eigenvalue weighted by Gasteiger charge is 2.28. The molecule has 92 valence electrons. The summed E-state index contributed by atoms with van der Waals surface area (Å²) in [6, 6.07) is 1.57. The molecule has 17 heavy (non-hydrogen) atoms. The lowest BCUT2D eigenvalue weighted by molar-refractivity contribution is -0.119. The van der Waals surface area contributed by atoms with E-state index < -0.39 is 5.78 Å². The number of hydrogen-bond donors (Lipinski definition) is 2. The zero-order chi connectivity index (χ0) is 12.3. The molecule has 1 aliphatic rings. The van der Waals surface area contributed by atoms with Crippen molar-refractivity contribution in [3.8, 4) is 0 Å². The van der Waals surface area contributed by atoms with Gasteiger partial charge >= 0.3 is 0 Å². The quantitative estimate of drug-likeness (QED) is 0.616. The van der Waals surface area contributed by atoms with Crippen LogP contribution in [0.2, 0.25) is 0 Å². The van der Waals surface area contributed by atoms with Gasteiger partial charge in [-0.15, -0.1) is 0 Å². The summed E-state index contributed by atoms with van der Waals surface area (Å²) in [5.41, 5.74) is 0.282. The van der Waals surface area contributed by atoms with E-state index in [0.29, 0.717) is 5.82 Å². The summed E-state index contributed by atoms with van der Waals surface area (Å²) in [4.78, 5) is 23.9. The van der Waals surface area contributed by atoms with Gasteiger partial charge in [-0.1, -0.05) is 19.3 Å². The molecule has 1 aromatic heterocycles. The van der Waals surface area contributed by atoms with E-state index in [2.05, 4.69) is 15.5 Å². The number of anilines is 1. The third-order valence-electron chi connectivity index (χ3n) is 3.28. The molecule has 1 saturated carbocycles. The molecule has 2 rings (SSSR count). The van der Waals surface area contributed by atoms with Crippen molar-refractivity contribution in [2.45, 2.75) is 32.1 Å². The minimum absolute atomic E-state index is 0.0856. The van der Waals surface area contributed by atoms with Crippen molar-refractivity contribution >= 4 is 17.4 Å². The fourth-order valence-corrected chi connectivity index (χ4v) is 2.25. The summed E-state index contributed by atoms with van der Waals surface area (Å²) in [5, 5.41) is 9.28. The van der Waals surface area contributed by atoms with Gasteiger partial charge in [0, 0.05) is 19.0 Å². The van der Waals surface area contributed by atoms with E-state index in [1.807, 2.05) is 0 Å². The second kappa shape index (κ2) is 5.12. The first-order valence-corrected chi connectivity index (χ1v) is 6.04. The number of H-pyrrole nitrogens is 1. The smallest absolute Gasteiger partial charge is 0.246 e. The molecule has 0 spiro atoms. The molecule has 5 nitrogen and oxygen atoms in total. The van der Waals surface area contributed by atoms with Crippen molar-refractivity contribution in [1.29, 1.82) is 0 Å². The number of carbonyl (C=O) groups is 2. The van der Waals surface area contributed by atoms with E-state index in [9.17, 15) is 9.59 Å². The second-order valence-electron chi connectivity index (χ2n) is 4.45. The standard InChI is InChI=1S/C12H17N3O2/c1-13-10-7-9(14-15-10)12(17)11(16)8-5-3-2-4-6-8/h7-8H,2-6H2,1H3,(H2,13,14,15). The average Bonchev–Trinajstić information content (AvgIpc) is 2.87. The van der Waals surface area contributed by atoms with Gasteiger partial charge in [0.2, 0.25) is 11.6 Å². The van der Waals surface area contributed by atoms with Gasteiger partial charge in [0.25, 0.3) is 0 Å². The molecule has 0 aromatic carbocycles. The first kappa shape index (κ1) is 11.8. The predicted octanol–water partition coefficient (Wildman–Crippen LogP) is 1.78. The van der Waals surface area contributed by atoms with Gasteiger partial charge in [-0.3, -0.25) is 14.7 Å². The van der Waals surface area contributed by atoms with E-state index >= 15 is 0 Å². The number of aromatic amines is 1. The number of hydrogen-bond acceptors (Lipinski definition) is 4. The first-order chi connectivity index (χ1) is 8.22. The van der Waals surface area contributed by atoms with Gasteiger partial charge in [-0.2, -0.15) is 5.10 Å². The molecular formula is C12H17N3O2. The van der Waals surface area contributed by atoms with Gasteiger partial charge < -0.3 is 5.32 Å². The zero-order valence-corrected chi connectivity index (χ0v) is 9.95. The Kier molecular flexibility index (Phi) is 3.56. The summed E-state index contributed by atoms with van der Waals surface area (Å²) in [6.07, 6.45) is 4.96. The highest BCUT2D eigenvalue weighted by atomic mass is 16.2. The van der Waals surface area contributed by atoms with Crippen molar-refractivity contribution in [1.82, 2.24) is 10.2 Å². The van der Waals surface area contributed by atoms with Gasteiger partial charge in [0.05, 0.1) is 0 Å². The maximum Gasteiger partial charge on any atom is 0.246 e. The van der Waals surface area contributed by atoms with E-state index in [4.69, 9.17) is 0 Å². The number of aromatic nitrogens is 2. The fraction of sp³-hybridized carbons (Fsp3) is 0.583. The van der Waals surface area contributed by atoms with Crippen LogP contribution in [0, 0.1) is 5.92 Å². The van der Waals surface area contributed by atoms with Crippen LogP contribution >= 0.6 is 0 Å². The highest BCUT2D eigenvalue weighted by Crippen LogP contribution is 2.25. The predicted molar refractivity (Wildman–Crippen MR) is 64.0 cm³/mol. The topological polar surface area (TPSA) is 74.8 Å².